The summed E-state index contributed by atoms with van der Waals surface area (Å²) in [5, 5.41) is 11.6. The van der Waals surface area contributed by atoms with Crippen LogP contribution in [0.1, 0.15) is 19.4 Å². The van der Waals surface area contributed by atoms with E-state index in [0.29, 0.717) is 18.2 Å². The van der Waals surface area contributed by atoms with Crippen LogP contribution in [0.5, 0.6) is 0 Å². The summed E-state index contributed by atoms with van der Waals surface area (Å²) in [7, 11) is 1.69. The quantitative estimate of drug-likeness (QED) is 0.882. The van der Waals surface area contributed by atoms with Crippen LogP contribution in [0, 0.1) is 23.1 Å². The van der Waals surface area contributed by atoms with Gasteiger partial charge in [-0.1, -0.05) is 13.8 Å². The van der Waals surface area contributed by atoms with Crippen LogP contribution in [-0.2, 0) is 4.79 Å². The number of rotatable bonds is 5. The lowest BCUT2D eigenvalue weighted by molar-refractivity contribution is -0.119. The van der Waals surface area contributed by atoms with Crippen molar-refractivity contribution in [2.45, 2.75) is 13.8 Å². The molecule has 0 unspecified atom stereocenters. The fourth-order valence-electron chi connectivity index (χ4n) is 1.54. The maximum absolute atomic E-state index is 13.3. The second kappa shape index (κ2) is 6.74. The molecule has 1 aromatic rings. The summed E-state index contributed by atoms with van der Waals surface area (Å²) in [6.07, 6.45) is 0. The number of halogens is 1. The average Bonchev–Trinajstić information content (AvgIpc) is 2.35. The van der Waals surface area contributed by atoms with Gasteiger partial charge < -0.3 is 10.2 Å². The van der Waals surface area contributed by atoms with Gasteiger partial charge >= 0.3 is 0 Å². The van der Waals surface area contributed by atoms with Gasteiger partial charge in [-0.25, -0.2) is 4.39 Å². The minimum absolute atomic E-state index is 0.126. The number of carbonyl (C=O) groups is 1. The fourth-order valence-corrected chi connectivity index (χ4v) is 1.54. The molecule has 19 heavy (non-hydrogen) atoms. The Morgan fingerprint density at radius 3 is 2.74 bits per heavy atom. The lowest BCUT2D eigenvalue weighted by Gasteiger charge is -2.19. The minimum atomic E-state index is -0.483. The van der Waals surface area contributed by atoms with E-state index in [0.717, 1.165) is 6.07 Å². The zero-order chi connectivity index (χ0) is 14.4. The van der Waals surface area contributed by atoms with E-state index < -0.39 is 5.82 Å². The van der Waals surface area contributed by atoms with E-state index in [1.54, 1.807) is 18.0 Å². The highest BCUT2D eigenvalue weighted by molar-refractivity contribution is 5.81. The van der Waals surface area contributed by atoms with Gasteiger partial charge in [0.15, 0.2) is 0 Å². The average molecular weight is 263 g/mol. The number of nitrogens with one attached hydrogen (secondary N) is 1. The number of amides is 1. The summed E-state index contributed by atoms with van der Waals surface area (Å²) in [6, 6.07) is 5.91. The molecule has 0 bridgehead atoms. The molecule has 1 rings (SSSR count). The Labute approximate surface area is 112 Å². The van der Waals surface area contributed by atoms with Crippen molar-refractivity contribution in [3.63, 3.8) is 0 Å². The van der Waals surface area contributed by atoms with Crippen LogP contribution >= 0.6 is 0 Å². The van der Waals surface area contributed by atoms with Gasteiger partial charge in [-0.3, -0.25) is 4.79 Å². The Balaban J connectivity index is 2.68. The van der Waals surface area contributed by atoms with Crippen LogP contribution in [0.25, 0.3) is 0 Å². The van der Waals surface area contributed by atoms with Gasteiger partial charge in [0.05, 0.1) is 18.2 Å². The van der Waals surface area contributed by atoms with E-state index in [1.807, 2.05) is 19.9 Å². The monoisotopic (exact) mass is 263 g/mol. The van der Waals surface area contributed by atoms with Crippen molar-refractivity contribution in [2.24, 2.45) is 5.92 Å². The molecule has 0 aliphatic heterocycles. The molecule has 1 amide bonds. The Kier molecular flexibility index (Phi) is 5.31. The molecule has 1 N–H and O–H groups in total. The van der Waals surface area contributed by atoms with Crippen molar-refractivity contribution >= 4 is 11.6 Å². The molecule has 0 fully saturated rings. The first-order valence-corrected chi connectivity index (χ1v) is 6.11. The van der Waals surface area contributed by atoms with Crippen LogP contribution in [-0.4, -0.2) is 26.0 Å². The predicted octanol–water partition coefficient (Wildman–Crippen LogP) is 1.91. The van der Waals surface area contributed by atoms with E-state index in [-0.39, 0.29) is 18.0 Å². The van der Waals surface area contributed by atoms with E-state index >= 15 is 0 Å². The van der Waals surface area contributed by atoms with Gasteiger partial charge in [0, 0.05) is 19.3 Å². The fraction of sp³-hybridized carbons (Fsp3) is 0.429. The highest BCUT2D eigenvalue weighted by Crippen LogP contribution is 2.16. The SMILES string of the molecule is CC(C)CNC(=O)CN(C)c1cc(F)cc(C#N)c1. The molecule has 5 heteroatoms. The molecule has 102 valence electrons. The number of likely N-dealkylation sites (N-methyl/N-ethyl adjacent to an activating group) is 1. The third-order valence-electron chi connectivity index (χ3n) is 2.54. The van der Waals surface area contributed by atoms with E-state index in [1.165, 1.54) is 6.07 Å². The van der Waals surface area contributed by atoms with Gasteiger partial charge in [0.25, 0.3) is 0 Å². The maximum atomic E-state index is 13.3. The largest absolute Gasteiger partial charge is 0.365 e. The van der Waals surface area contributed by atoms with Crippen LogP contribution in [0.4, 0.5) is 10.1 Å². The van der Waals surface area contributed by atoms with Crippen molar-refractivity contribution in [3.05, 3.63) is 29.6 Å². The molecule has 0 spiro atoms. The first-order valence-electron chi connectivity index (χ1n) is 6.11. The molecule has 4 nitrogen and oxygen atoms in total. The second-order valence-corrected chi connectivity index (χ2v) is 4.86. The maximum Gasteiger partial charge on any atom is 0.239 e. The summed E-state index contributed by atoms with van der Waals surface area (Å²) in [5.74, 6) is -0.226. The molecular weight excluding hydrogens is 245 g/mol. The van der Waals surface area contributed by atoms with Crippen LogP contribution in [0.15, 0.2) is 18.2 Å². The third kappa shape index (κ3) is 4.96. The number of nitriles is 1. The van der Waals surface area contributed by atoms with Crippen LogP contribution in [0.2, 0.25) is 0 Å². The lowest BCUT2D eigenvalue weighted by atomic mass is 10.2. The van der Waals surface area contributed by atoms with Crippen molar-refractivity contribution in [1.82, 2.24) is 5.32 Å². The van der Waals surface area contributed by atoms with Gasteiger partial charge in [-0.15, -0.1) is 0 Å². The van der Waals surface area contributed by atoms with Crippen molar-refractivity contribution in [2.75, 3.05) is 25.0 Å². The Hall–Kier alpha value is -2.09. The second-order valence-electron chi connectivity index (χ2n) is 4.86. The van der Waals surface area contributed by atoms with Gasteiger partial charge in [0.1, 0.15) is 5.82 Å². The highest BCUT2D eigenvalue weighted by Gasteiger charge is 2.09. The predicted molar refractivity (Wildman–Crippen MR) is 72.2 cm³/mol. The number of carbonyl (C=O) groups excluding carboxylic acids is 1. The van der Waals surface area contributed by atoms with Gasteiger partial charge in [-0.2, -0.15) is 5.26 Å². The highest BCUT2D eigenvalue weighted by atomic mass is 19.1. The molecule has 1 aromatic carbocycles. The molecule has 0 aromatic heterocycles. The summed E-state index contributed by atoms with van der Waals surface area (Å²) in [6.45, 7) is 4.76. The summed E-state index contributed by atoms with van der Waals surface area (Å²) < 4.78 is 13.3. The molecule has 0 saturated heterocycles. The standard InChI is InChI=1S/C14H18FN3O/c1-10(2)8-17-14(19)9-18(3)13-5-11(7-16)4-12(15)6-13/h4-6,10H,8-9H2,1-3H3,(H,17,19). The van der Waals surface area contributed by atoms with Gasteiger partial charge in [0.2, 0.25) is 5.91 Å². The van der Waals surface area contributed by atoms with Crippen LogP contribution in [0.3, 0.4) is 0 Å². The zero-order valence-electron chi connectivity index (χ0n) is 11.4. The molecule has 0 aliphatic rings. The molecular formula is C14H18FN3O. The number of hydrogen-bond donors (Lipinski definition) is 1. The third-order valence-corrected chi connectivity index (χ3v) is 2.54. The summed E-state index contributed by atoms with van der Waals surface area (Å²) in [4.78, 5) is 13.3. The lowest BCUT2D eigenvalue weighted by Crippen LogP contribution is -2.36. The Morgan fingerprint density at radius 1 is 1.47 bits per heavy atom. The van der Waals surface area contributed by atoms with E-state index in [2.05, 4.69) is 5.32 Å². The van der Waals surface area contributed by atoms with Crippen molar-refractivity contribution < 1.29 is 9.18 Å². The van der Waals surface area contributed by atoms with Crippen molar-refractivity contribution in [1.29, 1.82) is 5.26 Å². The first kappa shape index (κ1) is 15.0. The normalized spacial score (nSPS) is 10.1. The van der Waals surface area contributed by atoms with E-state index in [9.17, 15) is 9.18 Å². The molecule has 0 atom stereocenters. The summed E-state index contributed by atoms with van der Waals surface area (Å²) >= 11 is 0. The Bertz CT molecular complexity index is 494. The first-order chi connectivity index (χ1) is 8.92. The van der Waals surface area contributed by atoms with Crippen LogP contribution < -0.4 is 10.2 Å². The van der Waals surface area contributed by atoms with Crippen molar-refractivity contribution in [3.8, 4) is 6.07 Å². The number of benzene rings is 1. The summed E-state index contributed by atoms with van der Waals surface area (Å²) in [5.41, 5.74) is 0.751. The zero-order valence-corrected chi connectivity index (χ0v) is 11.4. The number of anilines is 1. The molecule has 0 aliphatic carbocycles. The topological polar surface area (TPSA) is 56.1 Å². The minimum Gasteiger partial charge on any atom is -0.365 e. The Morgan fingerprint density at radius 2 is 2.16 bits per heavy atom. The van der Waals surface area contributed by atoms with E-state index in [4.69, 9.17) is 5.26 Å². The smallest absolute Gasteiger partial charge is 0.239 e. The molecule has 0 radical (unpaired) electrons. The number of nitrogens with zero attached hydrogens (tertiary/aromatic N) is 2. The molecule has 0 saturated carbocycles. The van der Waals surface area contributed by atoms with Gasteiger partial charge in [-0.05, 0) is 24.1 Å². The number of hydrogen-bond acceptors (Lipinski definition) is 3. The molecule has 0 heterocycles.